The Labute approximate surface area is 225 Å². The van der Waals surface area contributed by atoms with Crippen molar-refractivity contribution in [2.45, 2.75) is 76.8 Å². The van der Waals surface area contributed by atoms with E-state index in [0.717, 1.165) is 42.7 Å². The number of carbonyl (C=O) groups excluding carboxylic acids is 3. The summed E-state index contributed by atoms with van der Waals surface area (Å²) in [7, 11) is 2.85. The van der Waals surface area contributed by atoms with E-state index in [2.05, 4.69) is 22.5 Å². The summed E-state index contributed by atoms with van der Waals surface area (Å²) < 4.78 is 0. The van der Waals surface area contributed by atoms with Crippen molar-refractivity contribution in [3.8, 4) is 5.75 Å². The van der Waals surface area contributed by atoms with Gasteiger partial charge < -0.3 is 27.2 Å². The molecule has 0 fully saturated rings. The highest BCUT2D eigenvalue weighted by Crippen LogP contribution is 2.13. The number of aliphatic imine (C=N–C) groups is 1. The number of aromatic hydroxyl groups is 1. The van der Waals surface area contributed by atoms with Crippen LogP contribution in [0, 0.1) is 0 Å². The fourth-order valence-corrected chi connectivity index (χ4v) is 3.65. The van der Waals surface area contributed by atoms with Gasteiger partial charge in [-0.3, -0.25) is 24.2 Å². The minimum absolute atomic E-state index is 0.0237. The van der Waals surface area contributed by atoms with E-state index in [1.165, 1.54) is 32.4 Å². The topological polar surface area (TPSA) is 172 Å². The summed E-state index contributed by atoms with van der Waals surface area (Å²) in [6, 6.07) is 5.13. The van der Waals surface area contributed by atoms with Gasteiger partial charge in [0.1, 0.15) is 11.8 Å². The third kappa shape index (κ3) is 14.2. The molecule has 11 heteroatoms. The van der Waals surface area contributed by atoms with E-state index in [0.29, 0.717) is 25.8 Å². The first kappa shape index (κ1) is 32.4. The number of hydroxylamine groups is 2. The molecule has 2 atom stereocenters. The average Bonchev–Trinajstić information content (AvgIpc) is 2.89. The molecule has 1 aromatic carbocycles. The van der Waals surface area contributed by atoms with Gasteiger partial charge in [0.05, 0.1) is 7.11 Å². The zero-order valence-corrected chi connectivity index (χ0v) is 22.8. The second-order valence-electron chi connectivity index (χ2n) is 9.10. The number of nitrogens with one attached hydrogen (secondary N) is 2. The molecule has 0 saturated carbocycles. The summed E-state index contributed by atoms with van der Waals surface area (Å²) in [6.45, 7) is 2.49. The molecule has 0 radical (unpaired) electrons. The van der Waals surface area contributed by atoms with Crippen LogP contribution < -0.4 is 22.1 Å². The zero-order valence-electron chi connectivity index (χ0n) is 22.8. The molecule has 0 unspecified atom stereocenters. The van der Waals surface area contributed by atoms with Gasteiger partial charge in [-0.25, -0.2) is 5.06 Å². The van der Waals surface area contributed by atoms with Gasteiger partial charge in [0.25, 0.3) is 5.91 Å². The normalized spacial score (nSPS) is 12.5. The van der Waals surface area contributed by atoms with Crippen molar-refractivity contribution < 1.29 is 24.3 Å². The van der Waals surface area contributed by atoms with Gasteiger partial charge in [0.2, 0.25) is 11.8 Å². The highest BCUT2D eigenvalue weighted by atomic mass is 16.7. The molecular formula is C27H44N6O5. The lowest BCUT2D eigenvalue weighted by Gasteiger charge is -2.22. The van der Waals surface area contributed by atoms with Gasteiger partial charge in [-0.2, -0.15) is 0 Å². The van der Waals surface area contributed by atoms with Crippen molar-refractivity contribution in [2.24, 2.45) is 16.5 Å². The van der Waals surface area contributed by atoms with Gasteiger partial charge in [-0.1, -0.05) is 50.8 Å². The number of rotatable bonds is 18. The summed E-state index contributed by atoms with van der Waals surface area (Å²) in [5, 5.41) is 16.4. The third-order valence-corrected chi connectivity index (χ3v) is 5.89. The van der Waals surface area contributed by atoms with Crippen LogP contribution in [0.3, 0.4) is 0 Å². The van der Waals surface area contributed by atoms with E-state index < -0.39 is 18.0 Å². The van der Waals surface area contributed by atoms with Gasteiger partial charge in [-0.15, -0.1) is 0 Å². The first-order valence-corrected chi connectivity index (χ1v) is 13.1. The Hall–Kier alpha value is -3.60. The van der Waals surface area contributed by atoms with E-state index in [1.807, 2.05) is 0 Å². The Morgan fingerprint density at radius 1 is 1.08 bits per heavy atom. The predicted octanol–water partition coefficient (Wildman–Crippen LogP) is 1.89. The van der Waals surface area contributed by atoms with Crippen LogP contribution in [0.15, 0.2) is 41.4 Å². The van der Waals surface area contributed by atoms with Crippen molar-refractivity contribution in [1.29, 1.82) is 0 Å². The van der Waals surface area contributed by atoms with Crippen LogP contribution in [0.4, 0.5) is 0 Å². The molecule has 3 amide bonds. The Balaban J connectivity index is 2.97. The molecule has 0 aliphatic rings. The smallest absolute Gasteiger partial charge is 0.269 e. The van der Waals surface area contributed by atoms with Crippen molar-refractivity contribution in [3.63, 3.8) is 0 Å². The largest absolute Gasteiger partial charge is 0.508 e. The van der Waals surface area contributed by atoms with E-state index >= 15 is 0 Å². The highest BCUT2D eigenvalue weighted by molar-refractivity contribution is 5.89. The van der Waals surface area contributed by atoms with E-state index in [1.54, 1.807) is 18.2 Å². The lowest BCUT2D eigenvalue weighted by Crippen LogP contribution is -2.50. The number of phenolic OH excluding ortho intramolecular Hbond substituents is 1. The molecule has 11 nitrogen and oxygen atoms in total. The van der Waals surface area contributed by atoms with Crippen LogP contribution in [-0.4, -0.2) is 66.6 Å². The minimum atomic E-state index is -0.839. The maximum Gasteiger partial charge on any atom is 0.269 e. The van der Waals surface area contributed by atoms with E-state index in [4.69, 9.17) is 16.3 Å². The number of amides is 3. The monoisotopic (exact) mass is 532 g/mol. The SMILES string of the molecule is CCCCCCCC(=O)N[C@@H](Cc1ccc(O)cc1)C(=O)N[C@H](/C=C/C(=O)N(C)OC)CCCN=C(N)N. The van der Waals surface area contributed by atoms with Gasteiger partial charge in [0.15, 0.2) is 5.96 Å². The second kappa shape index (κ2) is 18.6. The molecule has 38 heavy (non-hydrogen) atoms. The average molecular weight is 533 g/mol. The molecule has 1 rings (SSSR count). The summed E-state index contributed by atoms with van der Waals surface area (Å²) in [5.41, 5.74) is 11.6. The Kier molecular flexibility index (Phi) is 15.9. The zero-order chi connectivity index (χ0) is 28.3. The number of hydrogen-bond donors (Lipinski definition) is 5. The summed E-state index contributed by atoms with van der Waals surface area (Å²) >= 11 is 0. The second-order valence-corrected chi connectivity index (χ2v) is 9.10. The summed E-state index contributed by atoms with van der Waals surface area (Å²) in [6.07, 6.45) is 9.53. The molecular weight excluding hydrogens is 488 g/mol. The number of nitrogens with two attached hydrogens (primary N) is 2. The van der Waals surface area contributed by atoms with Gasteiger partial charge in [-0.05, 0) is 37.0 Å². The molecule has 7 N–H and O–H groups in total. The number of carbonyl (C=O) groups is 3. The summed E-state index contributed by atoms with van der Waals surface area (Å²) in [4.78, 5) is 47.0. The number of guanidine groups is 1. The number of hydrogen-bond acceptors (Lipinski definition) is 6. The first-order valence-electron chi connectivity index (χ1n) is 13.1. The van der Waals surface area contributed by atoms with Crippen molar-refractivity contribution >= 4 is 23.7 Å². The van der Waals surface area contributed by atoms with E-state index in [9.17, 15) is 19.5 Å². The minimum Gasteiger partial charge on any atom is -0.508 e. The Bertz CT molecular complexity index is 915. The maximum atomic E-state index is 13.4. The van der Waals surface area contributed by atoms with Crippen LogP contribution in [0.5, 0.6) is 5.75 Å². The fourth-order valence-electron chi connectivity index (χ4n) is 3.65. The first-order chi connectivity index (χ1) is 18.2. The number of phenols is 1. The Morgan fingerprint density at radius 2 is 1.76 bits per heavy atom. The molecule has 212 valence electrons. The van der Waals surface area contributed by atoms with Gasteiger partial charge >= 0.3 is 0 Å². The number of nitrogens with zero attached hydrogens (tertiary/aromatic N) is 2. The van der Waals surface area contributed by atoms with Crippen LogP contribution in [-0.2, 0) is 25.6 Å². The van der Waals surface area contributed by atoms with Crippen LogP contribution >= 0.6 is 0 Å². The van der Waals surface area contributed by atoms with Crippen LogP contribution in [0.25, 0.3) is 0 Å². The van der Waals surface area contributed by atoms with E-state index in [-0.39, 0.29) is 29.9 Å². The fraction of sp³-hybridized carbons (Fsp3) is 0.556. The molecule has 0 saturated heterocycles. The number of likely N-dealkylation sites (N-methyl/N-ethyl adjacent to an activating group) is 1. The Morgan fingerprint density at radius 3 is 2.39 bits per heavy atom. The quantitative estimate of drug-likeness (QED) is 0.0631. The highest BCUT2D eigenvalue weighted by Gasteiger charge is 2.23. The summed E-state index contributed by atoms with van der Waals surface area (Å²) in [5.74, 6) is -0.890. The molecule has 0 heterocycles. The van der Waals surface area contributed by atoms with Crippen LogP contribution in [0.1, 0.15) is 63.9 Å². The molecule has 0 spiro atoms. The molecule has 0 aromatic heterocycles. The maximum absolute atomic E-state index is 13.4. The van der Waals surface area contributed by atoms with Crippen molar-refractivity contribution in [1.82, 2.24) is 15.7 Å². The molecule has 0 bridgehead atoms. The van der Waals surface area contributed by atoms with Crippen LogP contribution in [0.2, 0.25) is 0 Å². The molecule has 0 aliphatic carbocycles. The predicted molar refractivity (Wildman–Crippen MR) is 148 cm³/mol. The number of unbranched alkanes of at least 4 members (excludes halogenated alkanes) is 4. The van der Waals surface area contributed by atoms with Crippen molar-refractivity contribution in [3.05, 3.63) is 42.0 Å². The molecule has 0 aliphatic heterocycles. The molecule has 1 aromatic rings. The van der Waals surface area contributed by atoms with Crippen molar-refractivity contribution in [2.75, 3.05) is 20.7 Å². The van der Waals surface area contributed by atoms with Gasteiger partial charge in [0, 0.05) is 38.6 Å². The standard InChI is InChI=1S/C27H44N6O5/c1-4-5-6-7-8-11-24(35)32-23(19-20-12-15-22(34)16-13-20)26(37)31-21(10-9-18-30-27(28)29)14-17-25(36)33(2)38-3/h12-17,21,23,34H,4-11,18-19H2,1-3H3,(H,31,37)(H,32,35)(H4,28,29,30)/b17-14+/t21-,23-/m0/s1. The third-order valence-electron chi connectivity index (χ3n) is 5.89. The lowest BCUT2D eigenvalue weighted by atomic mass is 10.0. The number of benzene rings is 1. The lowest BCUT2D eigenvalue weighted by molar-refractivity contribution is -0.162.